The Kier molecular flexibility index (Phi) is 7.31. The van der Waals surface area contributed by atoms with E-state index in [-0.39, 0.29) is 17.1 Å². The van der Waals surface area contributed by atoms with Gasteiger partial charge in [-0.1, -0.05) is 68.8 Å². The number of benzene rings is 2. The van der Waals surface area contributed by atoms with E-state index < -0.39 is 6.04 Å². The van der Waals surface area contributed by atoms with Gasteiger partial charge in [0.25, 0.3) is 0 Å². The molecule has 4 nitrogen and oxygen atoms in total. The predicted octanol–water partition coefficient (Wildman–Crippen LogP) is 4.14. The van der Waals surface area contributed by atoms with Crippen LogP contribution in [-0.2, 0) is 16.0 Å². The lowest BCUT2D eigenvalue weighted by atomic mass is 9.89. The normalized spacial score (nSPS) is 12.4. The van der Waals surface area contributed by atoms with Gasteiger partial charge in [0.15, 0.2) is 0 Å². The van der Waals surface area contributed by atoms with Crippen LogP contribution in [0.2, 0.25) is 0 Å². The number of Topliss-reactive ketones (excluding diaryl/α,β-unsaturated/α-hetero) is 1. The van der Waals surface area contributed by atoms with Gasteiger partial charge in [0.2, 0.25) is 5.91 Å². The maximum Gasteiger partial charge on any atom is 0.241 e. The van der Waals surface area contributed by atoms with Crippen molar-refractivity contribution in [1.29, 1.82) is 0 Å². The van der Waals surface area contributed by atoms with Gasteiger partial charge >= 0.3 is 0 Å². The molecular weight excluding hydrogens is 336 g/mol. The highest BCUT2D eigenvalue weighted by molar-refractivity contribution is 5.95. The maximum absolute atomic E-state index is 12.8. The van der Waals surface area contributed by atoms with Crippen molar-refractivity contribution in [3.63, 3.8) is 0 Å². The quantitative estimate of drug-likeness (QED) is 0.738. The fourth-order valence-corrected chi connectivity index (χ4v) is 2.71. The SMILES string of the molecule is Cc1ccc(NC(=O)[C@H](Cc2ccccc2)NCCC(=O)C(C)(C)C)cc1. The molecule has 0 saturated carbocycles. The van der Waals surface area contributed by atoms with E-state index in [2.05, 4.69) is 10.6 Å². The molecule has 0 fully saturated rings. The molecule has 0 radical (unpaired) electrons. The maximum atomic E-state index is 12.8. The average Bonchev–Trinajstić information content (AvgIpc) is 2.62. The van der Waals surface area contributed by atoms with Crippen molar-refractivity contribution in [2.24, 2.45) is 5.41 Å². The van der Waals surface area contributed by atoms with Crippen LogP contribution in [0, 0.1) is 12.3 Å². The van der Waals surface area contributed by atoms with Crippen LogP contribution in [0.25, 0.3) is 0 Å². The van der Waals surface area contributed by atoms with Gasteiger partial charge in [-0.05, 0) is 31.0 Å². The summed E-state index contributed by atoms with van der Waals surface area (Å²) < 4.78 is 0. The summed E-state index contributed by atoms with van der Waals surface area (Å²) >= 11 is 0. The molecule has 2 rings (SSSR count). The second-order valence-corrected chi connectivity index (χ2v) is 7.97. The Morgan fingerprint density at radius 2 is 1.59 bits per heavy atom. The number of nitrogens with one attached hydrogen (secondary N) is 2. The van der Waals surface area contributed by atoms with Gasteiger partial charge in [-0.15, -0.1) is 0 Å². The summed E-state index contributed by atoms with van der Waals surface area (Å²) in [5.74, 6) is 0.0957. The van der Waals surface area contributed by atoms with E-state index >= 15 is 0 Å². The molecule has 2 aromatic carbocycles. The minimum atomic E-state index is -0.401. The minimum Gasteiger partial charge on any atom is -0.325 e. The van der Waals surface area contributed by atoms with Crippen molar-refractivity contribution >= 4 is 17.4 Å². The Morgan fingerprint density at radius 3 is 2.19 bits per heavy atom. The number of hydrogen-bond donors (Lipinski definition) is 2. The fourth-order valence-electron chi connectivity index (χ4n) is 2.71. The van der Waals surface area contributed by atoms with Gasteiger partial charge in [0.1, 0.15) is 5.78 Å². The first-order valence-corrected chi connectivity index (χ1v) is 9.44. The Bertz CT molecular complexity index is 746. The minimum absolute atomic E-state index is 0.0917. The largest absolute Gasteiger partial charge is 0.325 e. The monoisotopic (exact) mass is 366 g/mol. The fraction of sp³-hybridized carbons (Fsp3) is 0.391. The number of amides is 1. The van der Waals surface area contributed by atoms with Crippen molar-refractivity contribution in [3.05, 3.63) is 65.7 Å². The molecule has 0 heterocycles. The van der Waals surface area contributed by atoms with E-state index in [0.29, 0.717) is 19.4 Å². The lowest BCUT2D eigenvalue weighted by Gasteiger charge is -2.21. The molecule has 2 aromatic rings. The highest BCUT2D eigenvalue weighted by Crippen LogP contribution is 2.16. The van der Waals surface area contributed by atoms with Crippen molar-refractivity contribution in [1.82, 2.24) is 5.32 Å². The summed E-state index contributed by atoms with van der Waals surface area (Å²) in [5, 5.41) is 6.24. The van der Waals surface area contributed by atoms with Gasteiger partial charge in [-0.2, -0.15) is 0 Å². The molecule has 1 amide bonds. The number of aryl methyl sites for hydroxylation is 1. The lowest BCUT2D eigenvalue weighted by Crippen LogP contribution is -2.43. The van der Waals surface area contributed by atoms with Gasteiger partial charge in [0.05, 0.1) is 6.04 Å². The van der Waals surface area contributed by atoms with Crippen molar-refractivity contribution in [3.8, 4) is 0 Å². The summed E-state index contributed by atoms with van der Waals surface area (Å²) in [7, 11) is 0. The topological polar surface area (TPSA) is 58.2 Å². The molecule has 2 N–H and O–H groups in total. The second kappa shape index (κ2) is 9.47. The average molecular weight is 367 g/mol. The van der Waals surface area contributed by atoms with Gasteiger partial charge in [-0.25, -0.2) is 0 Å². The summed E-state index contributed by atoms with van der Waals surface area (Å²) in [6.45, 7) is 8.25. The van der Waals surface area contributed by atoms with E-state index in [1.165, 1.54) is 0 Å². The van der Waals surface area contributed by atoms with Crippen LogP contribution in [0.4, 0.5) is 5.69 Å². The highest BCUT2D eigenvalue weighted by atomic mass is 16.2. The zero-order chi connectivity index (χ0) is 19.9. The van der Waals surface area contributed by atoms with Gasteiger partial charge < -0.3 is 10.6 Å². The molecule has 0 saturated heterocycles. The molecule has 0 aromatic heterocycles. The van der Waals surface area contributed by atoms with Gasteiger partial charge in [0, 0.05) is 24.1 Å². The van der Waals surface area contributed by atoms with Crippen molar-refractivity contribution in [2.45, 2.75) is 46.6 Å². The second-order valence-electron chi connectivity index (χ2n) is 7.97. The third-order valence-corrected chi connectivity index (χ3v) is 4.50. The zero-order valence-electron chi connectivity index (χ0n) is 16.7. The van der Waals surface area contributed by atoms with Crippen LogP contribution in [0.15, 0.2) is 54.6 Å². The van der Waals surface area contributed by atoms with Crippen molar-refractivity contribution in [2.75, 3.05) is 11.9 Å². The third-order valence-electron chi connectivity index (χ3n) is 4.50. The van der Waals surface area contributed by atoms with E-state index in [9.17, 15) is 9.59 Å². The molecule has 0 aliphatic heterocycles. The molecule has 0 aliphatic carbocycles. The molecule has 4 heteroatoms. The Hall–Kier alpha value is -2.46. The zero-order valence-corrected chi connectivity index (χ0v) is 16.7. The van der Waals surface area contributed by atoms with E-state index in [4.69, 9.17) is 0 Å². The number of rotatable bonds is 8. The molecule has 0 aliphatic rings. The molecule has 27 heavy (non-hydrogen) atoms. The summed E-state index contributed by atoms with van der Waals surface area (Å²) in [4.78, 5) is 25.0. The number of anilines is 1. The first kappa shape index (κ1) is 20.8. The van der Waals surface area contributed by atoms with E-state index in [0.717, 1.165) is 16.8 Å². The smallest absolute Gasteiger partial charge is 0.241 e. The number of carbonyl (C=O) groups excluding carboxylic acids is 2. The third kappa shape index (κ3) is 6.99. The van der Waals surface area contributed by atoms with Crippen LogP contribution in [0.1, 0.15) is 38.3 Å². The Balaban J connectivity index is 2.03. The number of ketones is 1. The van der Waals surface area contributed by atoms with E-state index in [1.54, 1.807) is 0 Å². The lowest BCUT2D eigenvalue weighted by molar-refractivity contribution is -0.126. The number of carbonyl (C=O) groups is 2. The van der Waals surface area contributed by atoms with Crippen LogP contribution >= 0.6 is 0 Å². The number of hydrogen-bond acceptors (Lipinski definition) is 3. The van der Waals surface area contributed by atoms with E-state index in [1.807, 2.05) is 82.3 Å². The first-order chi connectivity index (χ1) is 12.8. The summed E-state index contributed by atoms with van der Waals surface area (Å²) in [5.41, 5.74) is 2.64. The van der Waals surface area contributed by atoms with Crippen molar-refractivity contribution < 1.29 is 9.59 Å². The molecule has 0 bridgehead atoms. The summed E-state index contributed by atoms with van der Waals surface area (Å²) in [6.07, 6.45) is 0.981. The summed E-state index contributed by atoms with van der Waals surface area (Å²) in [6, 6.07) is 17.2. The highest BCUT2D eigenvalue weighted by Gasteiger charge is 2.23. The molecule has 1 atom stereocenters. The van der Waals surface area contributed by atoms with Crippen LogP contribution in [0.3, 0.4) is 0 Å². The molecule has 144 valence electrons. The molecular formula is C23H30N2O2. The standard InChI is InChI=1S/C23H30N2O2/c1-17-10-12-19(13-11-17)25-22(27)20(16-18-8-6-5-7-9-18)24-15-14-21(26)23(2,3)4/h5-13,20,24H,14-16H2,1-4H3,(H,25,27)/t20-/m0/s1. The Labute approximate surface area is 162 Å². The van der Waals surface area contributed by atoms with Crippen LogP contribution in [-0.4, -0.2) is 24.3 Å². The van der Waals surface area contributed by atoms with Gasteiger partial charge in [-0.3, -0.25) is 9.59 Å². The van der Waals surface area contributed by atoms with Crippen LogP contribution < -0.4 is 10.6 Å². The first-order valence-electron chi connectivity index (χ1n) is 9.44. The Morgan fingerprint density at radius 1 is 0.963 bits per heavy atom. The predicted molar refractivity (Wildman–Crippen MR) is 111 cm³/mol. The van der Waals surface area contributed by atoms with Crippen LogP contribution in [0.5, 0.6) is 0 Å². The molecule has 0 spiro atoms. The molecule has 0 unspecified atom stereocenters.